The fourth-order valence-electron chi connectivity index (χ4n) is 6.56. The zero-order valence-corrected chi connectivity index (χ0v) is 24.0. The number of benzene rings is 2. The first kappa shape index (κ1) is 30.4. The van der Waals surface area contributed by atoms with Crippen LogP contribution in [0.3, 0.4) is 0 Å². The van der Waals surface area contributed by atoms with E-state index >= 15 is 0 Å². The van der Waals surface area contributed by atoms with E-state index in [1.54, 1.807) is 36.4 Å². The lowest BCUT2D eigenvalue weighted by Gasteiger charge is -2.25. The van der Waals surface area contributed by atoms with Crippen molar-refractivity contribution in [1.29, 1.82) is 0 Å². The van der Waals surface area contributed by atoms with E-state index < -0.39 is 24.4 Å². The van der Waals surface area contributed by atoms with Crippen LogP contribution in [-0.4, -0.2) is 45.7 Å². The smallest absolute Gasteiger partial charge is 0.339 e. The van der Waals surface area contributed by atoms with Crippen molar-refractivity contribution in [2.75, 3.05) is 13.1 Å². The highest BCUT2D eigenvalue weighted by Gasteiger charge is 2.28. The number of rotatable bonds is 8. The van der Waals surface area contributed by atoms with Crippen molar-refractivity contribution in [3.63, 3.8) is 0 Å². The Morgan fingerprint density at radius 3 is 1.40 bits per heavy atom. The summed E-state index contributed by atoms with van der Waals surface area (Å²) in [4.78, 5) is 24.9. The summed E-state index contributed by atoms with van der Waals surface area (Å²) in [6.07, 6.45) is 1.39. The Morgan fingerprint density at radius 2 is 1.00 bits per heavy atom. The van der Waals surface area contributed by atoms with E-state index in [1.807, 2.05) is 0 Å². The quantitative estimate of drug-likeness (QED) is 0.193. The predicted octanol–water partition coefficient (Wildman–Crippen LogP) is 3.16. The van der Waals surface area contributed by atoms with Crippen molar-refractivity contribution in [3.05, 3.63) is 90.6 Å². The number of fused-ring (bicyclic) bond motifs is 6. The van der Waals surface area contributed by atoms with Gasteiger partial charge in [-0.1, -0.05) is 24.3 Å². The SMILES string of the molecule is Cl.O=c1oc2cccc(C(O)C(O)CNCC(O)C(O)c3cccc4oc(=O)c5c(c34)CCCC5)c2c2c1CCCC2. The van der Waals surface area contributed by atoms with Gasteiger partial charge in [-0.25, -0.2) is 9.59 Å². The largest absolute Gasteiger partial charge is 0.422 e. The predicted molar refractivity (Wildman–Crippen MR) is 160 cm³/mol. The molecule has 4 aromatic rings. The lowest BCUT2D eigenvalue weighted by atomic mass is 9.87. The molecule has 6 rings (SSSR count). The van der Waals surface area contributed by atoms with Gasteiger partial charge in [0.15, 0.2) is 0 Å². The van der Waals surface area contributed by atoms with Gasteiger partial charge in [0.1, 0.15) is 23.4 Å². The highest BCUT2D eigenvalue weighted by atomic mass is 35.5. The Bertz CT molecular complexity index is 1590. The van der Waals surface area contributed by atoms with Crippen LogP contribution < -0.4 is 16.6 Å². The fraction of sp³-hybridized carbons (Fsp3) is 0.438. The van der Waals surface area contributed by atoms with Gasteiger partial charge in [-0.3, -0.25) is 0 Å². The maximum Gasteiger partial charge on any atom is 0.339 e. The van der Waals surface area contributed by atoms with E-state index in [2.05, 4.69) is 5.32 Å². The van der Waals surface area contributed by atoms with Crippen molar-refractivity contribution >= 4 is 34.3 Å². The second kappa shape index (κ2) is 12.7. The molecule has 0 radical (unpaired) electrons. The molecule has 2 aromatic carbocycles. The van der Waals surface area contributed by atoms with E-state index in [9.17, 15) is 30.0 Å². The highest BCUT2D eigenvalue weighted by Crippen LogP contribution is 2.34. The molecule has 5 N–H and O–H groups in total. The number of halogens is 1. The second-order valence-corrected chi connectivity index (χ2v) is 11.2. The number of hydrogen-bond donors (Lipinski definition) is 5. The van der Waals surface area contributed by atoms with Gasteiger partial charge in [0.25, 0.3) is 0 Å². The summed E-state index contributed by atoms with van der Waals surface area (Å²) in [7, 11) is 0. The lowest BCUT2D eigenvalue weighted by Crippen LogP contribution is -2.38. The first-order valence-electron chi connectivity index (χ1n) is 14.4. The van der Waals surface area contributed by atoms with Crippen LogP contribution in [0.1, 0.15) is 71.3 Å². The lowest BCUT2D eigenvalue weighted by molar-refractivity contribution is 0.00395. The van der Waals surface area contributed by atoms with Crippen LogP contribution in [0, 0.1) is 0 Å². The van der Waals surface area contributed by atoms with Crippen LogP contribution in [0.25, 0.3) is 21.9 Å². The number of aliphatic hydroxyl groups excluding tert-OH is 4. The average molecular weight is 598 g/mol. The van der Waals surface area contributed by atoms with E-state index in [-0.39, 0.29) is 36.7 Å². The molecule has 42 heavy (non-hydrogen) atoms. The third-order valence-corrected chi connectivity index (χ3v) is 8.63. The van der Waals surface area contributed by atoms with E-state index in [0.717, 1.165) is 36.8 Å². The maximum absolute atomic E-state index is 12.5. The molecule has 0 fully saturated rings. The van der Waals surface area contributed by atoms with Gasteiger partial charge in [0, 0.05) is 35.0 Å². The summed E-state index contributed by atoms with van der Waals surface area (Å²) in [6.45, 7) is -0.111. The van der Waals surface area contributed by atoms with Crippen molar-refractivity contribution in [2.24, 2.45) is 0 Å². The normalized spacial score (nSPS) is 17.6. The summed E-state index contributed by atoms with van der Waals surface area (Å²) in [5.41, 5.74) is 4.10. The zero-order valence-electron chi connectivity index (χ0n) is 23.2. The van der Waals surface area contributed by atoms with E-state index in [1.165, 1.54) is 0 Å². The number of aliphatic hydroxyl groups is 4. The van der Waals surface area contributed by atoms with Gasteiger partial charge >= 0.3 is 11.3 Å². The molecular formula is C32H36ClNO8. The van der Waals surface area contributed by atoms with Crippen LogP contribution in [0.4, 0.5) is 0 Å². The Balaban J connectivity index is 0.00000353. The van der Waals surface area contributed by atoms with Crippen molar-refractivity contribution in [3.8, 4) is 0 Å². The van der Waals surface area contributed by atoms with Crippen LogP contribution in [0.2, 0.25) is 0 Å². The average Bonchev–Trinajstić information content (AvgIpc) is 2.99. The third-order valence-electron chi connectivity index (χ3n) is 8.63. The minimum absolute atomic E-state index is 0. The molecule has 9 nitrogen and oxygen atoms in total. The molecule has 2 heterocycles. The van der Waals surface area contributed by atoms with Crippen molar-refractivity contribution in [1.82, 2.24) is 5.32 Å². The number of nitrogens with one attached hydrogen (secondary N) is 1. The summed E-state index contributed by atoms with van der Waals surface area (Å²) in [5.74, 6) is 0. The standard InChI is InChI=1S/C32H35NO8.ClH/c34-23(29(36)21-11-5-13-25-27(21)17-7-1-3-9-19(17)31(38)40-25)15-33-16-24(35)30(37)22-12-6-14-26-28(22)18-8-2-4-10-20(18)32(39)41-26;/h5-6,11-14,23-24,29-30,33-37H,1-4,7-10,15-16H2;1H. The van der Waals surface area contributed by atoms with Gasteiger partial charge in [0.05, 0.1) is 12.2 Å². The first-order chi connectivity index (χ1) is 19.8. The Kier molecular flexibility index (Phi) is 9.17. The molecular weight excluding hydrogens is 562 g/mol. The van der Waals surface area contributed by atoms with Crippen LogP contribution in [0.15, 0.2) is 54.8 Å². The number of hydrogen-bond acceptors (Lipinski definition) is 9. The van der Waals surface area contributed by atoms with Crippen LogP contribution >= 0.6 is 12.4 Å². The molecule has 0 saturated carbocycles. The molecule has 10 heteroatoms. The zero-order chi connectivity index (χ0) is 28.7. The molecule has 2 aromatic heterocycles. The minimum atomic E-state index is -1.26. The molecule has 0 spiro atoms. The maximum atomic E-state index is 12.5. The van der Waals surface area contributed by atoms with E-state index in [0.29, 0.717) is 69.9 Å². The third kappa shape index (κ3) is 5.53. The Hall–Kier alpha value is -3.05. The van der Waals surface area contributed by atoms with Gasteiger partial charge in [-0.05, 0) is 85.8 Å². The molecule has 4 atom stereocenters. The molecule has 0 bridgehead atoms. The van der Waals surface area contributed by atoms with Crippen LogP contribution in [-0.2, 0) is 25.7 Å². The molecule has 4 unspecified atom stereocenters. The molecule has 0 saturated heterocycles. The summed E-state index contributed by atoms with van der Waals surface area (Å²) >= 11 is 0. The number of aryl methyl sites for hydroxylation is 2. The van der Waals surface area contributed by atoms with Gasteiger partial charge in [-0.15, -0.1) is 12.4 Å². The Labute approximate surface area is 248 Å². The molecule has 0 aliphatic heterocycles. The monoisotopic (exact) mass is 597 g/mol. The van der Waals surface area contributed by atoms with Crippen LogP contribution in [0.5, 0.6) is 0 Å². The van der Waals surface area contributed by atoms with Gasteiger partial charge in [0.2, 0.25) is 0 Å². The summed E-state index contributed by atoms with van der Waals surface area (Å²) in [6, 6.07) is 10.2. The second-order valence-electron chi connectivity index (χ2n) is 11.2. The molecule has 2 aliphatic carbocycles. The van der Waals surface area contributed by atoms with Gasteiger partial charge in [-0.2, -0.15) is 0 Å². The molecule has 0 amide bonds. The topological polar surface area (TPSA) is 153 Å². The highest BCUT2D eigenvalue weighted by molar-refractivity contribution is 5.86. The van der Waals surface area contributed by atoms with Crippen molar-refractivity contribution < 1.29 is 29.3 Å². The van der Waals surface area contributed by atoms with Gasteiger partial charge < -0.3 is 34.6 Å². The van der Waals surface area contributed by atoms with E-state index in [4.69, 9.17) is 8.83 Å². The fourth-order valence-corrected chi connectivity index (χ4v) is 6.56. The molecule has 2 aliphatic rings. The Morgan fingerprint density at radius 1 is 0.619 bits per heavy atom. The first-order valence-corrected chi connectivity index (χ1v) is 14.4. The molecule has 224 valence electrons. The van der Waals surface area contributed by atoms with Crippen molar-refractivity contribution in [2.45, 2.75) is 75.8 Å². The summed E-state index contributed by atoms with van der Waals surface area (Å²) in [5, 5.41) is 48.3. The summed E-state index contributed by atoms with van der Waals surface area (Å²) < 4.78 is 11.1. The minimum Gasteiger partial charge on any atom is -0.422 e.